The van der Waals surface area contributed by atoms with E-state index in [0.717, 1.165) is 34.8 Å². The van der Waals surface area contributed by atoms with Crippen LogP contribution in [0.4, 0.5) is 17.1 Å². The van der Waals surface area contributed by atoms with Gasteiger partial charge in [0.2, 0.25) is 0 Å². The number of anilines is 3. The zero-order valence-electron chi connectivity index (χ0n) is 39.5. The molecule has 0 aliphatic heterocycles. The monoisotopic (exact) mass is 897 g/mol. The van der Waals surface area contributed by atoms with Crippen molar-refractivity contribution in [2.75, 3.05) is 4.90 Å². The first kappa shape index (κ1) is 41.3. The Hall–Kier alpha value is -7.74. The van der Waals surface area contributed by atoms with E-state index < -0.39 is 5.41 Å². The Morgan fingerprint density at radius 1 is 0.314 bits per heavy atom. The van der Waals surface area contributed by atoms with Crippen LogP contribution in [0.5, 0.6) is 0 Å². The Morgan fingerprint density at radius 2 is 0.757 bits per heavy atom. The Bertz CT molecular complexity index is 3460. The van der Waals surface area contributed by atoms with E-state index in [1.807, 2.05) is 0 Å². The number of benzene rings is 10. The third-order valence-corrected chi connectivity index (χ3v) is 17.1. The molecule has 0 heterocycles. The zero-order chi connectivity index (χ0) is 46.2. The molecule has 5 aliphatic rings. The lowest BCUT2D eigenvalue weighted by Crippen LogP contribution is -2.48. The van der Waals surface area contributed by atoms with Crippen LogP contribution in [0.3, 0.4) is 0 Å². The standard InChI is InChI=1S/C69H55N/c1-3-14-52(15-4-1)61-24-11-16-54-17-12-25-62(67(54)61)53-32-38-59(39-33-53)70(58-36-30-51(31-37-58)50-28-34-55(35-29-50)68-44-47-40-48(45-68)42-49(41-47)46-68)60-21-13-20-57(43-60)69(56-18-5-2-6-19-56)65-26-9-7-22-63(65)64-23-8-10-27-66(64)69/h1-39,43,47-49H,40-42,44-46H2. The fourth-order valence-corrected chi connectivity index (χ4v) is 14.6. The van der Waals surface area contributed by atoms with Crippen molar-refractivity contribution in [2.24, 2.45) is 17.8 Å². The molecule has 0 radical (unpaired) electrons. The van der Waals surface area contributed by atoms with E-state index in [4.69, 9.17) is 0 Å². The first-order valence-corrected chi connectivity index (χ1v) is 25.7. The van der Waals surface area contributed by atoms with Crippen LogP contribution < -0.4 is 4.90 Å². The second-order valence-corrected chi connectivity index (χ2v) is 21.0. The van der Waals surface area contributed by atoms with Crippen molar-refractivity contribution < 1.29 is 0 Å². The maximum Gasteiger partial charge on any atom is 0.0714 e. The van der Waals surface area contributed by atoms with E-state index in [2.05, 4.69) is 248 Å². The smallest absolute Gasteiger partial charge is 0.0714 e. The minimum absolute atomic E-state index is 0.404. The van der Waals surface area contributed by atoms with E-state index in [1.54, 1.807) is 5.56 Å². The van der Waals surface area contributed by atoms with E-state index in [9.17, 15) is 0 Å². The van der Waals surface area contributed by atoms with Crippen molar-refractivity contribution >= 4 is 27.8 Å². The molecule has 4 saturated carbocycles. The van der Waals surface area contributed by atoms with Crippen LogP contribution in [0, 0.1) is 17.8 Å². The minimum Gasteiger partial charge on any atom is -0.310 e. The van der Waals surface area contributed by atoms with Gasteiger partial charge in [-0.15, -0.1) is 0 Å². The van der Waals surface area contributed by atoms with Gasteiger partial charge >= 0.3 is 0 Å². The molecule has 10 aromatic carbocycles. The molecule has 5 aliphatic carbocycles. The van der Waals surface area contributed by atoms with Gasteiger partial charge in [-0.1, -0.05) is 206 Å². The fourth-order valence-electron chi connectivity index (χ4n) is 14.6. The molecule has 1 nitrogen and oxygen atoms in total. The van der Waals surface area contributed by atoms with Crippen molar-refractivity contribution in [3.8, 4) is 44.5 Å². The molecule has 0 atom stereocenters. The predicted molar refractivity (Wildman–Crippen MR) is 292 cm³/mol. The first-order valence-electron chi connectivity index (χ1n) is 25.7. The normalized spacial score (nSPS) is 20.3. The highest BCUT2D eigenvalue weighted by molar-refractivity contribution is 6.06. The van der Waals surface area contributed by atoms with Gasteiger partial charge in [0, 0.05) is 17.1 Å². The summed E-state index contributed by atoms with van der Waals surface area (Å²) in [7, 11) is 0. The third-order valence-electron chi connectivity index (χ3n) is 17.1. The highest BCUT2D eigenvalue weighted by atomic mass is 15.1. The topological polar surface area (TPSA) is 3.24 Å². The predicted octanol–water partition coefficient (Wildman–Crippen LogP) is 18.1. The summed E-state index contributed by atoms with van der Waals surface area (Å²) in [6.45, 7) is 0. The summed E-state index contributed by atoms with van der Waals surface area (Å²) in [5, 5.41) is 2.52. The second kappa shape index (κ2) is 16.5. The lowest BCUT2D eigenvalue weighted by atomic mass is 9.48. The summed E-state index contributed by atoms with van der Waals surface area (Å²) in [5.74, 6) is 2.83. The molecule has 0 saturated heterocycles. The van der Waals surface area contributed by atoms with Crippen molar-refractivity contribution in [1.29, 1.82) is 0 Å². The maximum atomic E-state index is 2.48. The van der Waals surface area contributed by atoms with Crippen LogP contribution in [-0.2, 0) is 10.8 Å². The Balaban J connectivity index is 0.888. The van der Waals surface area contributed by atoms with Crippen molar-refractivity contribution in [1.82, 2.24) is 0 Å². The zero-order valence-corrected chi connectivity index (χ0v) is 39.5. The Morgan fingerprint density at radius 3 is 1.33 bits per heavy atom. The average Bonchev–Trinajstić information content (AvgIpc) is 3.72. The van der Waals surface area contributed by atoms with Crippen LogP contribution in [0.1, 0.15) is 66.3 Å². The molecule has 4 fully saturated rings. The van der Waals surface area contributed by atoms with E-state index in [1.165, 1.54) is 116 Å². The summed E-state index contributed by atoms with van der Waals surface area (Å²) < 4.78 is 0. The van der Waals surface area contributed by atoms with Gasteiger partial charge in [-0.25, -0.2) is 0 Å². The maximum absolute atomic E-state index is 2.48. The van der Waals surface area contributed by atoms with Crippen LogP contribution >= 0.6 is 0 Å². The average molecular weight is 898 g/mol. The summed E-state index contributed by atoms with van der Waals surface area (Å²) in [4.78, 5) is 2.46. The summed E-state index contributed by atoms with van der Waals surface area (Å²) >= 11 is 0. The van der Waals surface area contributed by atoms with Crippen LogP contribution in [0.15, 0.2) is 243 Å². The molecule has 10 aromatic rings. The molecule has 70 heavy (non-hydrogen) atoms. The fraction of sp³-hybridized carbons (Fsp3) is 0.159. The molecule has 0 unspecified atom stereocenters. The van der Waals surface area contributed by atoms with Crippen LogP contribution in [0.2, 0.25) is 0 Å². The Kier molecular flexibility index (Phi) is 9.70. The number of hydrogen-bond donors (Lipinski definition) is 0. The summed E-state index contributed by atoms with van der Waals surface area (Å²) in [5.41, 5.74) is 20.0. The lowest BCUT2D eigenvalue weighted by molar-refractivity contribution is -0.00518. The third kappa shape index (κ3) is 6.59. The number of fused-ring (bicyclic) bond motifs is 4. The van der Waals surface area contributed by atoms with Gasteiger partial charge in [-0.2, -0.15) is 0 Å². The number of rotatable bonds is 9. The van der Waals surface area contributed by atoms with Crippen molar-refractivity contribution in [3.63, 3.8) is 0 Å². The van der Waals surface area contributed by atoms with E-state index in [-0.39, 0.29) is 0 Å². The molecule has 0 amide bonds. The molecule has 336 valence electrons. The van der Waals surface area contributed by atoms with Gasteiger partial charge in [0.05, 0.1) is 5.41 Å². The largest absolute Gasteiger partial charge is 0.310 e. The van der Waals surface area contributed by atoms with Gasteiger partial charge in [0.25, 0.3) is 0 Å². The number of nitrogens with zero attached hydrogens (tertiary/aromatic N) is 1. The molecule has 0 spiro atoms. The highest BCUT2D eigenvalue weighted by Gasteiger charge is 2.51. The molecular weight excluding hydrogens is 843 g/mol. The Labute approximate surface area is 412 Å². The molecule has 4 bridgehead atoms. The summed E-state index contributed by atoms with van der Waals surface area (Å²) in [6.07, 6.45) is 8.62. The van der Waals surface area contributed by atoms with Gasteiger partial charge in [-0.05, 0) is 181 Å². The molecule has 0 aromatic heterocycles. The van der Waals surface area contributed by atoms with Gasteiger partial charge in [0.15, 0.2) is 0 Å². The molecule has 1 heteroatoms. The molecule has 0 N–H and O–H groups in total. The molecule has 15 rings (SSSR count). The quantitative estimate of drug-likeness (QED) is 0.140. The van der Waals surface area contributed by atoms with Gasteiger partial charge < -0.3 is 4.90 Å². The van der Waals surface area contributed by atoms with Crippen LogP contribution in [-0.4, -0.2) is 0 Å². The lowest BCUT2D eigenvalue weighted by Gasteiger charge is -2.57. The van der Waals surface area contributed by atoms with E-state index in [0.29, 0.717) is 5.41 Å². The minimum atomic E-state index is -0.503. The van der Waals surface area contributed by atoms with Crippen molar-refractivity contribution in [2.45, 2.75) is 49.4 Å². The molecular formula is C69H55N. The van der Waals surface area contributed by atoms with Crippen LogP contribution in [0.25, 0.3) is 55.3 Å². The van der Waals surface area contributed by atoms with Gasteiger partial charge in [0.1, 0.15) is 0 Å². The summed E-state index contributed by atoms with van der Waals surface area (Å²) in [6, 6.07) is 91.1. The first-order chi connectivity index (χ1) is 34.6. The highest BCUT2D eigenvalue weighted by Crippen LogP contribution is 2.61. The van der Waals surface area contributed by atoms with Crippen molar-refractivity contribution in [3.05, 3.63) is 270 Å². The van der Waals surface area contributed by atoms with E-state index >= 15 is 0 Å². The SMILES string of the molecule is c1ccc(-c2cccc3cccc(-c4ccc(N(c5ccc(-c6ccc(C78CC9CC(CC(C9)C7)C8)cc6)cc5)c5cccc(C6(c7ccccc7)c7ccccc7-c7ccccc76)c5)cc4)c23)cc1. The second-order valence-electron chi connectivity index (χ2n) is 21.0. The number of hydrogen-bond acceptors (Lipinski definition) is 1. The van der Waals surface area contributed by atoms with Gasteiger partial charge in [-0.3, -0.25) is 0 Å².